The number of aromatic nitrogens is 6. The number of Topliss-reactive ketones (excluding diaryl/α,β-unsaturated/α-hetero) is 1. The second-order valence-corrected chi connectivity index (χ2v) is 12.0. The Kier molecular flexibility index (Phi) is 6.61. The van der Waals surface area contributed by atoms with E-state index in [0.717, 1.165) is 22.8 Å². The van der Waals surface area contributed by atoms with Gasteiger partial charge in [-0.2, -0.15) is 32.5 Å². The van der Waals surface area contributed by atoms with Gasteiger partial charge in [-0.25, -0.2) is 17.5 Å². The predicted octanol–water partition coefficient (Wildman–Crippen LogP) is 3.94. The molecule has 2 aliphatic rings. The summed E-state index contributed by atoms with van der Waals surface area (Å²) < 4.78 is 84.1. The second kappa shape index (κ2) is 9.94. The first-order valence-corrected chi connectivity index (χ1v) is 14.4. The van der Waals surface area contributed by atoms with Crippen molar-refractivity contribution in [3.63, 3.8) is 0 Å². The van der Waals surface area contributed by atoms with Crippen LogP contribution in [0.4, 0.5) is 17.6 Å². The van der Waals surface area contributed by atoms with Gasteiger partial charge >= 0.3 is 6.18 Å². The molecule has 1 saturated heterocycles. The number of piperidine rings is 1. The van der Waals surface area contributed by atoms with Gasteiger partial charge in [0.15, 0.2) is 5.78 Å². The lowest BCUT2D eigenvalue weighted by Crippen LogP contribution is -2.53. The standard InChI is InChI=1S/C27H23F4N7O3S/c1-2-37-33-15-24(35-37)42(40,41)36-10-8-18-12-23-17(14-34-38(23)21-5-3-20(28)4-6-21)13-26(18,16-36)25(39)22-11-19(7-9-32-22)27(29,30)31/h3-7,9,11-12,14-15H,2,8,10,13,16H2,1H3/t26-/m0/s1. The molecular formula is C27H23F4N7O3S. The van der Waals surface area contributed by atoms with Gasteiger partial charge < -0.3 is 0 Å². The number of halogens is 4. The van der Waals surface area contributed by atoms with Crippen molar-refractivity contribution in [3.05, 3.63) is 88.9 Å². The fourth-order valence-electron chi connectivity index (χ4n) is 5.47. The predicted molar refractivity (Wildman–Crippen MR) is 140 cm³/mol. The number of carbonyl (C=O) groups is 1. The third-order valence-corrected chi connectivity index (χ3v) is 9.32. The fraction of sp³-hybridized carbons (Fsp3) is 0.296. The summed E-state index contributed by atoms with van der Waals surface area (Å²) in [4.78, 5) is 19.4. The summed E-state index contributed by atoms with van der Waals surface area (Å²) in [5, 5.41) is 12.1. The summed E-state index contributed by atoms with van der Waals surface area (Å²) >= 11 is 0. The fourth-order valence-corrected chi connectivity index (χ4v) is 6.83. The molecule has 0 spiro atoms. The molecule has 0 bridgehead atoms. The molecule has 4 aromatic rings. The Morgan fingerprint density at radius 2 is 1.86 bits per heavy atom. The number of alkyl halides is 3. The van der Waals surface area contributed by atoms with Crippen LogP contribution in [0.25, 0.3) is 11.8 Å². The molecule has 0 N–H and O–H groups in total. The molecule has 218 valence electrons. The Morgan fingerprint density at radius 3 is 2.55 bits per heavy atom. The van der Waals surface area contributed by atoms with Crippen LogP contribution in [0.15, 0.2) is 65.6 Å². The Balaban J connectivity index is 1.46. The molecule has 42 heavy (non-hydrogen) atoms. The first kappa shape index (κ1) is 27.9. The van der Waals surface area contributed by atoms with Gasteiger partial charge in [-0.15, -0.1) is 5.10 Å². The Morgan fingerprint density at radius 1 is 1.10 bits per heavy atom. The highest BCUT2D eigenvalue weighted by molar-refractivity contribution is 7.89. The topological polar surface area (TPSA) is 116 Å². The number of fused-ring (bicyclic) bond motifs is 2. The van der Waals surface area contributed by atoms with Crippen molar-refractivity contribution >= 4 is 21.9 Å². The minimum absolute atomic E-state index is 0.00177. The maximum Gasteiger partial charge on any atom is 0.416 e. The number of hydrogen-bond acceptors (Lipinski definition) is 7. The van der Waals surface area contributed by atoms with Crippen LogP contribution in [0.3, 0.4) is 0 Å². The van der Waals surface area contributed by atoms with Gasteiger partial charge in [-0.1, -0.05) is 5.57 Å². The normalized spacial score (nSPS) is 19.2. The third kappa shape index (κ3) is 4.61. The molecule has 0 radical (unpaired) electrons. The number of pyridine rings is 1. The highest BCUT2D eigenvalue weighted by atomic mass is 32.2. The van der Waals surface area contributed by atoms with Crippen LogP contribution in [0.2, 0.25) is 0 Å². The highest BCUT2D eigenvalue weighted by Gasteiger charge is 2.52. The molecule has 0 unspecified atom stereocenters. The van der Waals surface area contributed by atoms with Crippen molar-refractivity contribution < 1.29 is 30.8 Å². The lowest BCUT2D eigenvalue weighted by molar-refractivity contribution is -0.137. The van der Waals surface area contributed by atoms with Crippen LogP contribution in [-0.2, 0) is 29.2 Å². The van der Waals surface area contributed by atoms with Crippen LogP contribution in [0.5, 0.6) is 0 Å². The van der Waals surface area contributed by atoms with E-state index in [-0.39, 0.29) is 31.0 Å². The van der Waals surface area contributed by atoms with E-state index in [4.69, 9.17) is 0 Å². The molecule has 0 saturated carbocycles. The average Bonchev–Trinajstić information content (AvgIpc) is 3.63. The zero-order valence-electron chi connectivity index (χ0n) is 22.1. The van der Waals surface area contributed by atoms with Crippen molar-refractivity contribution in [1.29, 1.82) is 0 Å². The molecule has 6 rings (SSSR count). The highest BCUT2D eigenvalue weighted by Crippen LogP contribution is 2.47. The minimum atomic E-state index is -4.71. The van der Waals surface area contributed by atoms with Gasteiger partial charge in [0.2, 0.25) is 5.03 Å². The van der Waals surface area contributed by atoms with Crippen molar-refractivity contribution in [1.82, 2.24) is 34.1 Å². The van der Waals surface area contributed by atoms with Gasteiger partial charge in [0.25, 0.3) is 10.0 Å². The van der Waals surface area contributed by atoms with E-state index in [0.29, 0.717) is 35.1 Å². The summed E-state index contributed by atoms with van der Waals surface area (Å²) in [5.74, 6) is -1.17. The molecule has 1 fully saturated rings. The van der Waals surface area contributed by atoms with E-state index in [1.807, 2.05) is 0 Å². The maximum atomic E-state index is 14.2. The van der Waals surface area contributed by atoms with Crippen LogP contribution in [0, 0.1) is 11.2 Å². The largest absolute Gasteiger partial charge is 0.416 e. The first-order chi connectivity index (χ1) is 19.9. The number of sulfonamides is 1. The second-order valence-electron chi connectivity index (χ2n) is 10.1. The quantitative estimate of drug-likeness (QED) is 0.243. The molecule has 0 amide bonds. The smallest absolute Gasteiger partial charge is 0.291 e. The number of hydrogen-bond donors (Lipinski definition) is 0. The Hall–Kier alpha value is -4.24. The van der Waals surface area contributed by atoms with E-state index in [2.05, 4.69) is 20.3 Å². The van der Waals surface area contributed by atoms with Crippen molar-refractivity contribution in [2.75, 3.05) is 13.1 Å². The molecular weight excluding hydrogens is 578 g/mol. The monoisotopic (exact) mass is 601 g/mol. The summed E-state index contributed by atoms with van der Waals surface area (Å²) in [6.45, 7) is 1.74. The van der Waals surface area contributed by atoms with Crippen LogP contribution in [0.1, 0.15) is 40.7 Å². The number of carbonyl (C=O) groups excluding carboxylic acids is 1. The average molecular weight is 602 g/mol. The van der Waals surface area contributed by atoms with Crippen LogP contribution < -0.4 is 0 Å². The summed E-state index contributed by atoms with van der Waals surface area (Å²) in [7, 11) is -4.20. The van der Waals surface area contributed by atoms with Gasteiger partial charge in [0, 0.05) is 19.3 Å². The first-order valence-electron chi connectivity index (χ1n) is 12.9. The van der Waals surface area contributed by atoms with E-state index < -0.39 is 44.5 Å². The number of rotatable bonds is 6. The molecule has 1 atom stereocenters. The summed E-state index contributed by atoms with van der Waals surface area (Å²) in [6, 6.07) is 7.10. The minimum Gasteiger partial charge on any atom is -0.291 e. The zero-order chi connectivity index (χ0) is 29.9. The Bertz CT molecular complexity index is 1830. The van der Waals surface area contributed by atoms with Gasteiger partial charge in [-0.3, -0.25) is 9.78 Å². The molecule has 10 nitrogen and oxygen atoms in total. The van der Waals surface area contributed by atoms with E-state index >= 15 is 0 Å². The number of aryl methyl sites for hydroxylation is 1. The van der Waals surface area contributed by atoms with E-state index in [1.54, 1.807) is 29.8 Å². The van der Waals surface area contributed by atoms with E-state index in [9.17, 15) is 30.8 Å². The molecule has 4 heterocycles. The van der Waals surface area contributed by atoms with Gasteiger partial charge in [0.1, 0.15) is 11.5 Å². The van der Waals surface area contributed by atoms with Crippen molar-refractivity contribution in [2.24, 2.45) is 5.41 Å². The number of nitrogens with zero attached hydrogens (tertiary/aromatic N) is 7. The third-order valence-electron chi connectivity index (χ3n) is 7.61. The van der Waals surface area contributed by atoms with Crippen LogP contribution in [-0.4, -0.2) is 61.4 Å². The van der Waals surface area contributed by atoms with Crippen molar-refractivity contribution in [2.45, 2.75) is 37.5 Å². The molecule has 15 heteroatoms. The zero-order valence-corrected chi connectivity index (χ0v) is 22.9. The number of ketones is 1. The Labute approximate surface area is 237 Å². The number of benzene rings is 1. The molecule has 1 aliphatic heterocycles. The lowest BCUT2D eigenvalue weighted by atomic mass is 9.65. The van der Waals surface area contributed by atoms with Crippen LogP contribution >= 0.6 is 0 Å². The molecule has 1 aromatic carbocycles. The lowest BCUT2D eigenvalue weighted by Gasteiger charge is -2.44. The summed E-state index contributed by atoms with van der Waals surface area (Å²) in [6.07, 6.45) is 0.631. The molecule has 3 aromatic heterocycles. The SMILES string of the molecule is CCn1ncc(S(=O)(=O)N2CCC3=Cc4c(cnn4-c4ccc(F)cc4)C[C@]3(C(=O)c3cc(C(F)(F)F)ccn3)C2)n1. The van der Waals surface area contributed by atoms with Crippen molar-refractivity contribution in [3.8, 4) is 5.69 Å². The van der Waals surface area contributed by atoms with E-state index in [1.165, 1.54) is 23.1 Å². The summed E-state index contributed by atoms with van der Waals surface area (Å²) in [5.41, 5.74) is -0.758. The van der Waals surface area contributed by atoms with Gasteiger partial charge in [0.05, 0.1) is 41.3 Å². The molecule has 1 aliphatic carbocycles. The maximum absolute atomic E-state index is 14.2. The van der Waals surface area contributed by atoms with Gasteiger partial charge in [-0.05, 0) is 67.8 Å².